The lowest BCUT2D eigenvalue weighted by Crippen LogP contribution is -2.22. The third-order valence-electron chi connectivity index (χ3n) is 3.66. The van der Waals surface area contributed by atoms with Gasteiger partial charge in [-0.25, -0.2) is 0 Å². The molecule has 21 heavy (non-hydrogen) atoms. The van der Waals surface area contributed by atoms with Gasteiger partial charge < -0.3 is 5.32 Å². The zero-order valence-corrected chi connectivity index (χ0v) is 13.5. The molecule has 0 saturated heterocycles. The lowest BCUT2D eigenvalue weighted by atomic mass is 9.99. The molecule has 0 fully saturated rings. The van der Waals surface area contributed by atoms with Crippen molar-refractivity contribution in [3.05, 3.63) is 69.4 Å². The molecule has 0 spiro atoms. The van der Waals surface area contributed by atoms with E-state index in [1.54, 1.807) is 11.3 Å². The summed E-state index contributed by atoms with van der Waals surface area (Å²) in [5.41, 5.74) is 1.33. The van der Waals surface area contributed by atoms with Gasteiger partial charge >= 0.3 is 0 Å². The maximum absolute atomic E-state index is 6.04. The Bertz CT molecular complexity index is 735. The second kappa shape index (κ2) is 6.61. The molecule has 0 amide bonds. The second-order valence-electron chi connectivity index (χ2n) is 5.13. The first-order valence-corrected chi connectivity index (χ1v) is 8.42. The summed E-state index contributed by atoms with van der Waals surface area (Å²) in [7, 11) is 0. The Morgan fingerprint density at radius 1 is 1.05 bits per heavy atom. The van der Waals surface area contributed by atoms with Gasteiger partial charge in [-0.1, -0.05) is 54.9 Å². The quantitative estimate of drug-likeness (QED) is 0.660. The molecule has 0 aliphatic heterocycles. The average molecular weight is 316 g/mol. The van der Waals surface area contributed by atoms with Crippen LogP contribution in [-0.4, -0.2) is 6.54 Å². The molecule has 108 valence electrons. The molecule has 3 heteroatoms. The number of likely N-dealkylation sites (N-methyl/N-ethyl adjacent to an activating group) is 1. The predicted octanol–water partition coefficient (Wildman–Crippen LogP) is 5.45. The highest BCUT2D eigenvalue weighted by Gasteiger charge is 2.13. The van der Waals surface area contributed by atoms with Crippen molar-refractivity contribution in [3.8, 4) is 0 Å². The molecule has 1 atom stereocenters. The Morgan fingerprint density at radius 2 is 1.86 bits per heavy atom. The molecule has 2 aromatic carbocycles. The highest BCUT2D eigenvalue weighted by molar-refractivity contribution is 7.16. The lowest BCUT2D eigenvalue weighted by molar-refractivity contribution is 0.554. The van der Waals surface area contributed by atoms with Gasteiger partial charge in [-0.05, 0) is 41.1 Å². The molecule has 0 saturated carbocycles. The van der Waals surface area contributed by atoms with E-state index in [1.807, 2.05) is 6.07 Å². The Kier molecular flexibility index (Phi) is 4.59. The highest BCUT2D eigenvalue weighted by Crippen LogP contribution is 2.28. The molecule has 3 aromatic rings. The van der Waals surface area contributed by atoms with E-state index in [0.29, 0.717) is 6.04 Å². The van der Waals surface area contributed by atoms with Crippen LogP contribution in [-0.2, 0) is 6.42 Å². The molecular weight excluding hydrogens is 298 g/mol. The Balaban J connectivity index is 1.90. The second-order valence-corrected chi connectivity index (χ2v) is 6.93. The van der Waals surface area contributed by atoms with Gasteiger partial charge in [0, 0.05) is 17.3 Å². The molecule has 1 aromatic heterocycles. The monoisotopic (exact) mass is 315 g/mol. The van der Waals surface area contributed by atoms with E-state index in [2.05, 4.69) is 60.8 Å². The Morgan fingerprint density at radius 3 is 2.57 bits per heavy atom. The lowest BCUT2D eigenvalue weighted by Gasteiger charge is -2.18. The van der Waals surface area contributed by atoms with Crippen LogP contribution in [0.4, 0.5) is 0 Å². The predicted molar refractivity (Wildman–Crippen MR) is 93.4 cm³/mol. The number of nitrogens with one attached hydrogen (secondary N) is 1. The first kappa shape index (κ1) is 14.6. The van der Waals surface area contributed by atoms with Crippen LogP contribution >= 0.6 is 22.9 Å². The third kappa shape index (κ3) is 3.46. The van der Waals surface area contributed by atoms with Crippen LogP contribution < -0.4 is 5.32 Å². The van der Waals surface area contributed by atoms with E-state index in [0.717, 1.165) is 17.3 Å². The Hall–Kier alpha value is -1.35. The molecule has 3 rings (SSSR count). The number of thiophene rings is 1. The summed E-state index contributed by atoms with van der Waals surface area (Å²) in [6.07, 6.45) is 0.976. The first-order valence-electron chi connectivity index (χ1n) is 7.22. The molecule has 0 bridgehead atoms. The maximum atomic E-state index is 6.04. The zero-order valence-electron chi connectivity index (χ0n) is 12.0. The van der Waals surface area contributed by atoms with E-state index in [1.165, 1.54) is 21.2 Å². The number of hydrogen-bond donors (Lipinski definition) is 1. The van der Waals surface area contributed by atoms with Crippen LogP contribution in [0.5, 0.6) is 0 Å². The van der Waals surface area contributed by atoms with Crippen LogP contribution in [0.15, 0.2) is 54.6 Å². The largest absolute Gasteiger partial charge is 0.310 e. The van der Waals surface area contributed by atoms with Crippen LogP contribution in [0.1, 0.15) is 23.4 Å². The van der Waals surface area contributed by atoms with Gasteiger partial charge in [0.05, 0.1) is 4.34 Å². The number of hydrogen-bond acceptors (Lipinski definition) is 2. The van der Waals surface area contributed by atoms with Gasteiger partial charge in [0.2, 0.25) is 0 Å². The molecule has 0 radical (unpaired) electrons. The third-order valence-corrected chi connectivity index (χ3v) is 4.91. The fourth-order valence-corrected chi connectivity index (χ4v) is 3.77. The van der Waals surface area contributed by atoms with Crippen LogP contribution in [0.25, 0.3) is 10.8 Å². The summed E-state index contributed by atoms with van der Waals surface area (Å²) in [5.74, 6) is 0. The smallest absolute Gasteiger partial charge is 0.0931 e. The molecule has 1 nitrogen and oxygen atoms in total. The van der Waals surface area contributed by atoms with Gasteiger partial charge in [0.15, 0.2) is 0 Å². The topological polar surface area (TPSA) is 12.0 Å². The summed E-state index contributed by atoms with van der Waals surface area (Å²) in [6.45, 7) is 3.10. The summed E-state index contributed by atoms with van der Waals surface area (Å²) in [4.78, 5) is 1.32. The van der Waals surface area contributed by atoms with Crippen molar-refractivity contribution in [2.45, 2.75) is 19.4 Å². The standard InChI is InChI=1S/C18H18ClNS/c1-2-20-17(12-16-9-10-18(19)21-16)15-8-7-13-5-3-4-6-14(13)11-15/h3-11,17,20H,2,12H2,1H3. The highest BCUT2D eigenvalue weighted by atomic mass is 35.5. The normalized spacial score (nSPS) is 12.7. The molecule has 0 aliphatic carbocycles. The van der Waals surface area contributed by atoms with E-state index in [9.17, 15) is 0 Å². The van der Waals surface area contributed by atoms with Gasteiger partial charge in [0.25, 0.3) is 0 Å². The minimum atomic E-state index is 0.328. The van der Waals surface area contributed by atoms with Crippen LogP contribution in [0.3, 0.4) is 0 Å². The van der Waals surface area contributed by atoms with E-state index < -0.39 is 0 Å². The van der Waals surface area contributed by atoms with Gasteiger partial charge in [-0.3, -0.25) is 0 Å². The van der Waals surface area contributed by atoms with Crippen molar-refractivity contribution >= 4 is 33.7 Å². The minimum Gasteiger partial charge on any atom is -0.310 e. The summed E-state index contributed by atoms with van der Waals surface area (Å²) >= 11 is 7.71. The van der Waals surface area contributed by atoms with E-state index in [-0.39, 0.29) is 0 Å². The SMILES string of the molecule is CCNC(Cc1ccc(Cl)s1)c1ccc2ccccc2c1. The fourth-order valence-electron chi connectivity index (χ4n) is 2.64. The van der Waals surface area contributed by atoms with Crippen molar-refractivity contribution < 1.29 is 0 Å². The molecule has 1 heterocycles. The van der Waals surface area contributed by atoms with Gasteiger partial charge in [-0.2, -0.15) is 0 Å². The van der Waals surface area contributed by atoms with E-state index in [4.69, 9.17) is 11.6 Å². The van der Waals surface area contributed by atoms with Crippen LogP contribution in [0.2, 0.25) is 4.34 Å². The molecular formula is C18H18ClNS. The maximum Gasteiger partial charge on any atom is 0.0931 e. The Labute approximate surface area is 134 Å². The number of halogens is 1. The number of benzene rings is 2. The average Bonchev–Trinajstić information content (AvgIpc) is 2.91. The fraction of sp³-hybridized carbons (Fsp3) is 0.222. The van der Waals surface area contributed by atoms with Crippen molar-refractivity contribution in [2.75, 3.05) is 6.54 Å². The van der Waals surface area contributed by atoms with Gasteiger partial charge in [-0.15, -0.1) is 11.3 Å². The number of fused-ring (bicyclic) bond motifs is 1. The minimum absolute atomic E-state index is 0.328. The van der Waals surface area contributed by atoms with Crippen molar-refractivity contribution in [2.24, 2.45) is 0 Å². The van der Waals surface area contributed by atoms with Crippen molar-refractivity contribution in [3.63, 3.8) is 0 Å². The summed E-state index contributed by atoms with van der Waals surface area (Å²) in [6, 6.07) is 19.6. The summed E-state index contributed by atoms with van der Waals surface area (Å²) < 4.78 is 0.860. The van der Waals surface area contributed by atoms with E-state index >= 15 is 0 Å². The number of rotatable bonds is 5. The van der Waals surface area contributed by atoms with Crippen LogP contribution in [0, 0.1) is 0 Å². The van der Waals surface area contributed by atoms with Crippen molar-refractivity contribution in [1.82, 2.24) is 5.32 Å². The molecule has 1 N–H and O–H groups in total. The molecule has 0 aliphatic rings. The summed E-state index contributed by atoms with van der Waals surface area (Å²) in [5, 5.41) is 6.17. The zero-order chi connectivity index (χ0) is 14.7. The first-order chi connectivity index (χ1) is 10.3. The molecule has 1 unspecified atom stereocenters. The van der Waals surface area contributed by atoms with Gasteiger partial charge in [0.1, 0.15) is 0 Å². The van der Waals surface area contributed by atoms with Crippen molar-refractivity contribution in [1.29, 1.82) is 0 Å².